The van der Waals surface area contributed by atoms with E-state index in [-0.39, 0.29) is 0 Å². The number of aliphatic hydroxyl groups is 1. The molecule has 0 aromatic rings. The molecule has 2 nitrogen and oxygen atoms in total. The summed E-state index contributed by atoms with van der Waals surface area (Å²) in [7, 11) is 0. The third-order valence-corrected chi connectivity index (χ3v) is 2.99. The molecule has 12 heavy (non-hydrogen) atoms. The molecule has 1 aliphatic rings. The molecular weight excluding hydrogens is 150 g/mol. The van der Waals surface area contributed by atoms with Crippen LogP contribution in [0.5, 0.6) is 0 Å². The van der Waals surface area contributed by atoms with Crippen LogP contribution < -0.4 is 0 Å². The standard InChI is InChI=1S/C10H17NO/c1-2-9(12)10(8-11)6-4-3-5-7-10/h9,12H,2-7H2,1H3. The monoisotopic (exact) mass is 167 g/mol. The van der Waals surface area contributed by atoms with E-state index < -0.39 is 11.5 Å². The topological polar surface area (TPSA) is 44.0 Å². The van der Waals surface area contributed by atoms with Gasteiger partial charge in [-0.25, -0.2) is 0 Å². The number of nitrogens with zero attached hydrogens (tertiary/aromatic N) is 1. The van der Waals surface area contributed by atoms with Gasteiger partial charge in [0.05, 0.1) is 17.6 Å². The van der Waals surface area contributed by atoms with Crippen molar-refractivity contribution in [2.45, 2.75) is 51.6 Å². The van der Waals surface area contributed by atoms with Gasteiger partial charge in [-0.15, -0.1) is 0 Å². The van der Waals surface area contributed by atoms with Crippen LogP contribution in [0.25, 0.3) is 0 Å². The van der Waals surface area contributed by atoms with E-state index >= 15 is 0 Å². The lowest BCUT2D eigenvalue weighted by Gasteiger charge is -2.34. The Labute approximate surface area is 74.2 Å². The quantitative estimate of drug-likeness (QED) is 0.685. The first-order valence-corrected chi connectivity index (χ1v) is 4.84. The number of rotatable bonds is 2. The van der Waals surface area contributed by atoms with Gasteiger partial charge >= 0.3 is 0 Å². The van der Waals surface area contributed by atoms with E-state index in [1.807, 2.05) is 6.92 Å². The summed E-state index contributed by atoms with van der Waals surface area (Å²) >= 11 is 0. The lowest BCUT2D eigenvalue weighted by atomic mass is 9.71. The Morgan fingerprint density at radius 3 is 2.42 bits per heavy atom. The highest BCUT2D eigenvalue weighted by Crippen LogP contribution is 2.39. The molecule has 1 rings (SSSR count). The number of aliphatic hydroxyl groups excluding tert-OH is 1. The van der Waals surface area contributed by atoms with E-state index in [9.17, 15) is 5.11 Å². The molecule has 0 aromatic carbocycles. The second-order valence-electron chi connectivity index (χ2n) is 3.75. The zero-order chi connectivity index (χ0) is 9.03. The average Bonchev–Trinajstić information content (AvgIpc) is 2.17. The minimum Gasteiger partial charge on any atom is -0.391 e. The highest BCUT2D eigenvalue weighted by molar-refractivity contribution is 5.04. The van der Waals surface area contributed by atoms with Gasteiger partial charge in [-0.3, -0.25) is 0 Å². The number of hydrogen-bond acceptors (Lipinski definition) is 2. The van der Waals surface area contributed by atoms with Gasteiger partial charge in [0.1, 0.15) is 0 Å². The minimum atomic E-state index is -0.414. The van der Waals surface area contributed by atoms with Crippen LogP contribution in [-0.4, -0.2) is 11.2 Å². The Kier molecular flexibility index (Phi) is 3.11. The van der Waals surface area contributed by atoms with Gasteiger partial charge in [0.2, 0.25) is 0 Å². The molecule has 0 aliphatic heterocycles. The van der Waals surface area contributed by atoms with Crippen molar-refractivity contribution in [3.63, 3.8) is 0 Å². The molecule has 68 valence electrons. The van der Waals surface area contributed by atoms with Crippen LogP contribution in [0.15, 0.2) is 0 Å². The fourth-order valence-corrected chi connectivity index (χ4v) is 2.09. The van der Waals surface area contributed by atoms with E-state index in [0.717, 1.165) is 25.7 Å². The summed E-state index contributed by atoms with van der Waals surface area (Å²) in [6.07, 6.45) is 5.49. The smallest absolute Gasteiger partial charge is 0.0832 e. The van der Waals surface area contributed by atoms with Gasteiger partial charge in [0.15, 0.2) is 0 Å². The van der Waals surface area contributed by atoms with Gasteiger partial charge in [-0.2, -0.15) is 5.26 Å². The summed E-state index contributed by atoms with van der Waals surface area (Å²) in [6, 6.07) is 2.32. The van der Waals surface area contributed by atoms with Gasteiger partial charge in [-0.1, -0.05) is 26.2 Å². The van der Waals surface area contributed by atoms with Crippen molar-refractivity contribution in [1.82, 2.24) is 0 Å². The SMILES string of the molecule is CCC(O)C1(C#N)CCCCC1. The second kappa shape index (κ2) is 3.91. The van der Waals surface area contributed by atoms with Crippen molar-refractivity contribution >= 4 is 0 Å². The molecule has 1 fully saturated rings. The molecule has 1 atom stereocenters. The number of nitriles is 1. The van der Waals surface area contributed by atoms with Crippen molar-refractivity contribution in [3.05, 3.63) is 0 Å². The molecule has 0 spiro atoms. The first kappa shape index (κ1) is 9.54. The van der Waals surface area contributed by atoms with Crippen LogP contribution in [0.2, 0.25) is 0 Å². The largest absolute Gasteiger partial charge is 0.391 e. The van der Waals surface area contributed by atoms with E-state index in [0.29, 0.717) is 6.42 Å². The predicted molar refractivity (Wildman–Crippen MR) is 47.4 cm³/mol. The zero-order valence-corrected chi connectivity index (χ0v) is 7.71. The molecule has 1 N–H and O–H groups in total. The fraction of sp³-hybridized carbons (Fsp3) is 0.900. The van der Waals surface area contributed by atoms with Gasteiger partial charge < -0.3 is 5.11 Å². The Balaban J connectivity index is 2.67. The van der Waals surface area contributed by atoms with E-state index in [2.05, 4.69) is 6.07 Å². The average molecular weight is 167 g/mol. The Bertz CT molecular complexity index is 177. The predicted octanol–water partition coefficient (Wildman–Crippen LogP) is 2.23. The third-order valence-electron chi connectivity index (χ3n) is 2.99. The van der Waals surface area contributed by atoms with E-state index in [4.69, 9.17) is 5.26 Å². The van der Waals surface area contributed by atoms with Crippen molar-refractivity contribution in [2.24, 2.45) is 5.41 Å². The Hall–Kier alpha value is -0.550. The lowest BCUT2D eigenvalue weighted by molar-refractivity contribution is 0.0345. The molecule has 0 heterocycles. The first-order chi connectivity index (χ1) is 5.75. The third kappa shape index (κ3) is 1.61. The summed E-state index contributed by atoms with van der Waals surface area (Å²) in [6.45, 7) is 1.94. The maximum atomic E-state index is 9.71. The van der Waals surface area contributed by atoms with Gasteiger partial charge in [0, 0.05) is 0 Å². The molecule has 0 amide bonds. The first-order valence-electron chi connectivity index (χ1n) is 4.84. The van der Waals surface area contributed by atoms with Gasteiger partial charge in [0.25, 0.3) is 0 Å². The molecule has 1 saturated carbocycles. The van der Waals surface area contributed by atoms with Crippen LogP contribution in [-0.2, 0) is 0 Å². The molecule has 1 aliphatic carbocycles. The lowest BCUT2D eigenvalue weighted by Crippen LogP contribution is -2.35. The Morgan fingerprint density at radius 2 is 2.00 bits per heavy atom. The van der Waals surface area contributed by atoms with Crippen LogP contribution in [0.1, 0.15) is 45.4 Å². The molecular formula is C10H17NO. The van der Waals surface area contributed by atoms with Crippen molar-refractivity contribution in [1.29, 1.82) is 5.26 Å². The van der Waals surface area contributed by atoms with Gasteiger partial charge in [-0.05, 0) is 19.3 Å². The molecule has 0 saturated heterocycles. The summed E-state index contributed by atoms with van der Waals surface area (Å²) in [5.41, 5.74) is -0.410. The Morgan fingerprint density at radius 1 is 1.42 bits per heavy atom. The summed E-state index contributed by atoms with van der Waals surface area (Å²) in [5, 5.41) is 18.7. The molecule has 2 heteroatoms. The normalized spacial score (nSPS) is 24.4. The highest BCUT2D eigenvalue weighted by Gasteiger charge is 2.38. The maximum Gasteiger partial charge on any atom is 0.0832 e. The van der Waals surface area contributed by atoms with Crippen LogP contribution >= 0.6 is 0 Å². The number of hydrogen-bond donors (Lipinski definition) is 1. The second-order valence-corrected chi connectivity index (χ2v) is 3.75. The summed E-state index contributed by atoms with van der Waals surface area (Å²) in [5.74, 6) is 0. The minimum absolute atomic E-state index is 0.410. The maximum absolute atomic E-state index is 9.71. The van der Waals surface area contributed by atoms with Crippen molar-refractivity contribution < 1.29 is 5.11 Å². The van der Waals surface area contributed by atoms with E-state index in [1.54, 1.807) is 0 Å². The fourth-order valence-electron chi connectivity index (χ4n) is 2.09. The highest BCUT2D eigenvalue weighted by atomic mass is 16.3. The molecule has 0 bridgehead atoms. The molecule has 1 unspecified atom stereocenters. The zero-order valence-electron chi connectivity index (χ0n) is 7.71. The van der Waals surface area contributed by atoms with Crippen LogP contribution in [0.3, 0.4) is 0 Å². The van der Waals surface area contributed by atoms with Crippen LogP contribution in [0, 0.1) is 16.7 Å². The van der Waals surface area contributed by atoms with Crippen molar-refractivity contribution in [3.8, 4) is 6.07 Å². The molecule has 0 aromatic heterocycles. The van der Waals surface area contributed by atoms with E-state index in [1.165, 1.54) is 6.42 Å². The molecule has 0 radical (unpaired) electrons. The van der Waals surface area contributed by atoms with Crippen LogP contribution in [0.4, 0.5) is 0 Å². The van der Waals surface area contributed by atoms with Crippen molar-refractivity contribution in [2.75, 3.05) is 0 Å². The summed E-state index contributed by atoms with van der Waals surface area (Å²) in [4.78, 5) is 0. The summed E-state index contributed by atoms with van der Waals surface area (Å²) < 4.78 is 0.